The summed E-state index contributed by atoms with van der Waals surface area (Å²) in [5, 5.41) is 8.15. The molecule has 0 aromatic carbocycles. The fraction of sp³-hybridized carbons (Fsp3) is 0.833. The number of hydrogen-bond donors (Lipinski definition) is 1. The van der Waals surface area contributed by atoms with Crippen LogP contribution in [0.4, 0.5) is 0 Å². The van der Waals surface area contributed by atoms with Gasteiger partial charge in [-0.15, -0.1) is 23.2 Å². The lowest BCUT2D eigenvalue weighted by Gasteiger charge is -2.02. The molecule has 2 nitrogen and oxygen atoms in total. The number of hydrogen-bond acceptors (Lipinski definition) is 1. The second-order valence-electron chi connectivity index (χ2n) is 2.01. The van der Waals surface area contributed by atoms with Crippen molar-refractivity contribution in [2.45, 2.75) is 24.6 Å². The Morgan fingerprint density at radius 1 is 1.50 bits per heavy atom. The maximum atomic E-state index is 10.0. The highest BCUT2D eigenvalue weighted by atomic mass is 35.5. The van der Waals surface area contributed by atoms with Crippen molar-refractivity contribution in [3.05, 3.63) is 0 Å². The van der Waals surface area contributed by atoms with E-state index in [4.69, 9.17) is 28.3 Å². The molecule has 0 amide bonds. The number of alkyl halides is 2. The van der Waals surface area contributed by atoms with Gasteiger partial charge in [-0.3, -0.25) is 4.79 Å². The van der Waals surface area contributed by atoms with Crippen LogP contribution in [0.1, 0.15) is 19.3 Å². The van der Waals surface area contributed by atoms with Crippen LogP contribution in [0, 0.1) is 0 Å². The maximum absolute atomic E-state index is 10.0. The van der Waals surface area contributed by atoms with Crippen LogP contribution in [0.5, 0.6) is 0 Å². The number of rotatable bonds is 5. The van der Waals surface area contributed by atoms with Crippen molar-refractivity contribution >= 4 is 29.2 Å². The minimum atomic E-state index is -0.805. The zero-order valence-corrected chi connectivity index (χ0v) is 7.03. The normalized spacial score (nSPS) is 13.0. The van der Waals surface area contributed by atoms with Crippen molar-refractivity contribution in [3.8, 4) is 0 Å². The Bertz CT molecular complexity index is 106. The number of carbonyl (C=O) groups is 1. The minimum absolute atomic E-state index is 0.0893. The van der Waals surface area contributed by atoms with Crippen LogP contribution < -0.4 is 0 Å². The standard InChI is InChI=1S/C6H10Cl2O2/c7-4-3-5(8)1-2-6(9)10/h5H,1-4H2,(H,9,10). The molecule has 0 saturated carbocycles. The summed E-state index contributed by atoms with van der Waals surface area (Å²) in [6.45, 7) is 0. The van der Waals surface area contributed by atoms with Gasteiger partial charge in [-0.2, -0.15) is 0 Å². The van der Waals surface area contributed by atoms with E-state index >= 15 is 0 Å². The molecule has 0 spiro atoms. The van der Waals surface area contributed by atoms with Crippen LogP contribution in [0.15, 0.2) is 0 Å². The predicted octanol–water partition coefficient (Wildman–Crippen LogP) is 2.09. The molecule has 0 bridgehead atoms. The summed E-state index contributed by atoms with van der Waals surface area (Å²) in [5.41, 5.74) is 0. The summed E-state index contributed by atoms with van der Waals surface area (Å²) in [6.07, 6.45) is 1.31. The number of aliphatic carboxylic acids is 1. The fourth-order valence-electron chi connectivity index (χ4n) is 0.543. The van der Waals surface area contributed by atoms with Gasteiger partial charge in [0.05, 0.1) is 0 Å². The largest absolute Gasteiger partial charge is 0.481 e. The van der Waals surface area contributed by atoms with Crippen LogP contribution in [-0.4, -0.2) is 22.3 Å². The van der Waals surface area contributed by atoms with Crippen LogP contribution in [0.3, 0.4) is 0 Å². The van der Waals surface area contributed by atoms with Crippen LogP contribution >= 0.6 is 23.2 Å². The van der Waals surface area contributed by atoms with Crippen LogP contribution in [-0.2, 0) is 4.79 Å². The molecule has 0 rings (SSSR count). The topological polar surface area (TPSA) is 37.3 Å². The summed E-state index contributed by atoms with van der Waals surface area (Å²) >= 11 is 11.1. The van der Waals surface area contributed by atoms with Gasteiger partial charge in [0.25, 0.3) is 0 Å². The Morgan fingerprint density at radius 3 is 2.50 bits per heavy atom. The molecule has 0 aliphatic heterocycles. The van der Waals surface area contributed by atoms with Gasteiger partial charge in [-0.25, -0.2) is 0 Å². The average Bonchev–Trinajstić information content (AvgIpc) is 1.85. The van der Waals surface area contributed by atoms with E-state index in [1.165, 1.54) is 0 Å². The molecule has 0 saturated heterocycles. The lowest BCUT2D eigenvalue weighted by Crippen LogP contribution is -2.03. The fourth-order valence-corrected chi connectivity index (χ4v) is 1.14. The third-order valence-corrected chi connectivity index (χ3v) is 1.75. The van der Waals surface area contributed by atoms with Crippen LogP contribution in [0.2, 0.25) is 0 Å². The van der Waals surface area contributed by atoms with Crippen molar-refractivity contribution in [1.29, 1.82) is 0 Å². The molecule has 0 aliphatic carbocycles. The van der Waals surface area contributed by atoms with Crippen molar-refractivity contribution in [2.75, 3.05) is 5.88 Å². The molecule has 1 N–H and O–H groups in total. The molecule has 0 radical (unpaired) electrons. The highest BCUT2D eigenvalue weighted by Gasteiger charge is 2.05. The summed E-state index contributed by atoms with van der Waals surface area (Å²) in [6, 6.07) is 0. The summed E-state index contributed by atoms with van der Waals surface area (Å²) in [7, 11) is 0. The number of halogens is 2. The van der Waals surface area contributed by atoms with Gasteiger partial charge in [0.1, 0.15) is 0 Å². The van der Waals surface area contributed by atoms with Crippen LogP contribution in [0.25, 0.3) is 0 Å². The summed E-state index contributed by atoms with van der Waals surface area (Å²) in [5.74, 6) is -0.312. The number of carboxylic acids is 1. The Balaban J connectivity index is 3.21. The third-order valence-electron chi connectivity index (χ3n) is 1.09. The molecule has 0 fully saturated rings. The van der Waals surface area contributed by atoms with Gasteiger partial charge in [0, 0.05) is 17.7 Å². The van der Waals surface area contributed by atoms with Gasteiger partial charge in [-0.1, -0.05) is 0 Å². The molecule has 1 atom stereocenters. The molecule has 0 aromatic rings. The zero-order valence-electron chi connectivity index (χ0n) is 5.52. The first-order valence-corrected chi connectivity index (χ1v) is 4.05. The van der Waals surface area contributed by atoms with E-state index < -0.39 is 5.97 Å². The lowest BCUT2D eigenvalue weighted by atomic mass is 10.2. The molecule has 1 unspecified atom stereocenters. The Labute approximate surface area is 70.1 Å². The van der Waals surface area contributed by atoms with Crippen molar-refractivity contribution in [1.82, 2.24) is 0 Å². The number of carboxylic acid groups (broad SMARTS) is 1. The quantitative estimate of drug-likeness (QED) is 0.665. The first-order valence-electron chi connectivity index (χ1n) is 3.08. The second kappa shape index (κ2) is 5.81. The van der Waals surface area contributed by atoms with Gasteiger partial charge in [0.15, 0.2) is 0 Å². The van der Waals surface area contributed by atoms with Gasteiger partial charge < -0.3 is 5.11 Å². The van der Waals surface area contributed by atoms with Crippen molar-refractivity contribution in [2.24, 2.45) is 0 Å². The molecule has 0 aromatic heterocycles. The van der Waals surface area contributed by atoms with Gasteiger partial charge in [0.2, 0.25) is 0 Å². The van der Waals surface area contributed by atoms with Gasteiger partial charge in [-0.05, 0) is 12.8 Å². The molecular weight excluding hydrogens is 175 g/mol. The van der Waals surface area contributed by atoms with E-state index in [0.29, 0.717) is 18.7 Å². The first-order chi connectivity index (χ1) is 4.66. The van der Waals surface area contributed by atoms with E-state index in [1.54, 1.807) is 0 Å². The smallest absolute Gasteiger partial charge is 0.303 e. The average molecular weight is 185 g/mol. The predicted molar refractivity (Wildman–Crippen MR) is 41.8 cm³/mol. The van der Waals surface area contributed by atoms with Crippen molar-refractivity contribution < 1.29 is 9.90 Å². The summed E-state index contributed by atoms with van der Waals surface area (Å²) < 4.78 is 0. The molecule has 4 heteroatoms. The van der Waals surface area contributed by atoms with E-state index in [-0.39, 0.29) is 11.8 Å². The molecule has 0 aliphatic rings. The van der Waals surface area contributed by atoms with Crippen molar-refractivity contribution in [3.63, 3.8) is 0 Å². The highest BCUT2D eigenvalue weighted by molar-refractivity contribution is 6.22. The Hall–Kier alpha value is 0.0500. The molecule has 60 valence electrons. The van der Waals surface area contributed by atoms with Gasteiger partial charge >= 0.3 is 5.97 Å². The summed E-state index contributed by atoms with van der Waals surface area (Å²) in [4.78, 5) is 10.0. The highest BCUT2D eigenvalue weighted by Crippen LogP contribution is 2.10. The monoisotopic (exact) mass is 184 g/mol. The maximum Gasteiger partial charge on any atom is 0.303 e. The lowest BCUT2D eigenvalue weighted by molar-refractivity contribution is -0.137. The molecule has 10 heavy (non-hydrogen) atoms. The van der Waals surface area contributed by atoms with E-state index in [2.05, 4.69) is 0 Å². The first kappa shape index (κ1) is 10.0. The zero-order chi connectivity index (χ0) is 7.98. The van der Waals surface area contributed by atoms with E-state index in [9.17, 15) is 4.79 Å². The second-order valence-corrected chi connectivity index (χ2v) is 3.00. The third kappa shape index (κ3) is 6.17. The molecular formula is C6H10Cl2O2. The minimum Gasteiger partial charge on any atom is -0.481 e. The molecule has 0 heterocycles. The van der Waals surface area contributed by atoms with E-state index in [0.717, 1.165) is 0 Å². The SMILES string of the molecule is O=C(O)CCC(Cl)CCCl. The Kier molecular flexibility index (Phi) is 5.84. The van der Waals surface area contributed by atoms with E-state index in [1.807, 2.05) is 0 Å². The Morgan fingerprint density at radius 2 is 2.10 bits per heavy atom.